The van der Waals surface area contributed by atoms with Gasteiger partial charge in [-0.15, -0.1) is 0 Å². The number of nitrogens with one attached hydrogen (secondary N) is 2. The van der Waals surface area contributed by atoms with E-state index >= 15 is 0 Å². The minimum Gasteiger partial charge on any atom is -0.493 e. The molecule has 1 aromatic heterocycles. The van der Waals surface area contributed by atoms with Gasteiger partial charge >= 0.3 is 11.8 Å². The van der Waals surface area contributed by atoms with Gasteiger partial charge in [0.1, 0.15) is 12.4 Å². The number of furan rings is 1. The lowest BCUT2D eigenvalue weighted by atomic mass is 10.2. The van der Waals surface area contributed by atoms with Gasteiger partial charge in [-0.2, -0.15) is 5.10 Å². The number of hydrogen-bond donors (Lipinski definition) is 2. The van der Waals surface area contributed by atoms with E-state index in [-0.39, 0.29) is 6.54 Å². The van der Waals surface area contributed by atoms with E-state index in [1.165, 1.54) is 19.6 Å². The van der Waals surface area contributed by atoms with Crippen molar-refractivity contribution >= 4 is 18.0 Å². The number of hydrogen-bond acceptors (Lipinski definition) is 6. The smallest absolute Gasteiger partial charge is 0.329 e. The Kier molecular flexibility index (Phi) is 6.99. The highest BCUT2D eigenvalue weighted by atomic mass is 16.5. The van der Waals surface area contributed by atoms with Gasteiger partial charge in [-0.25, -0.2) is 5.43 Å². The first-order valence-electron chi connectivity index (χ1n) is 7.69. The number of carbonyl (C=O) groups excluding carboxylic acids is 2. The minimum atomic E-state index is -0.884. The van der Waals surface area contributed by atoms with E-state index in [1.807, 2.05) is 0 Å². The van der Waals surface area contributed by atoms with Crippen LogP contribution in [0.5, 0.6) is 11.5 Å². The first kappa shape index (κ1) is 18.8. The first-order chi connectivity index (χ1) is 12.6. The Balaban J connectivity index is 1.87. The summed E-state index contributed by atoms with van der Waals surface area (Å²) in [6, 6.07) is 8.50. The van der Waals surface area contributed by atoms with Crippen molar-refractivity contribution in [3.63, 3.8) is 0 Å². The maximum atomic E-state index is 11.7. The van der Waals surface area contributed by atoms with Gasteiger partial charge in [-0.3, -0.25) is 9.59 Å². The highest BCUT2D eigenvalue weighted by molar-refractivity contribution is 6.35. The van der Waals surface area contributed by atoms with Gasteiger partial charge in [0.2, 0.25) is 0 Å². The van der Waals surface area contributed by atoms with Crippen LogP contribution in [-0.2, 0) is 16.1 Å². The van der Waals surface area contributed by atoms with E-state index in [9.17, 15) is 9.59 Å². The normalized spacial score (nSPS) is 10.3. The summed E-state index contributed by atoms with van der Waals surface area (Å²) in [4.78, 5) is 23.3. The van der Waals surface area contributed by atoms with Crippen LogP contribution in [0.2, 0.25) is 0 Å². The van der Waals surface area contributed by atoms with Crippen LogP contribution in [0.25, 0.3) is 0 Å². The molecule has 0 aliphatic rings. The van der Waals surface area contributed by atoms with E-state index in [0.29, 0.717) is 29.4 Å². The molecule has 0 bridgehead atoms. The Bertz CT molecular complexity index is 784. The van der Waals surface area contributed by atoms with Crippen molar-refractivity contribution < 1.29 is 23.5 Å². The zero-order valence-corrected chi connectivity index (χ0v) is 14.2. The molecule has 2 aromatic rings. The third-order valence-electron chi connectivity index (χ3n) is 3.13. The Labute approximate surface area is 150 Å². The molecule has 0 aliphatic carbocycles. The topological polar surface area (TPSA) is 102 Å². The van der Waals surface area contributed by atoms with Crippen LogP contribution in [0.3, 0.4) is 0 Å². The summed E-state index contributed by atoms with van der Waals surface area (Å²) in [5.41, 5.74) is 2.81. The predicted molar refractivity (Wildman–Crippen MR) is 95.0 cm³/mol. The number of benzene rings is 1. The van der Waals surface area contributed by atoms with E-state index < -0.39 is 11.8 Å². The van der Waals surface area contributed by atoms with Crippen molar-refractivity contribution in [1.82, 2.24) is 10.7 Å². The van der Waals surface area contributed by atoms with Crippen LogP contribution in [0, 0.1) is 0 Å². The summed E-state index contributed by atoms with van der Waals surface area (Å²) in [6.07, 6.45) is 4.49. The second kappa shape index (κ2) is 9.67. The molecule has 0 radical (unpaired) electrons. The summed E-state index contributed by atoms with van der Waals surface area (Å²) in [7, 11) is 1.52. The number of methoxy groups -OCH3 is 1. The van der Waals surface area contributed by atoms with Gasteiger partial charge in [0.25, 0.3) is 0 Å². The number of carbonyl (C=O) groups is 2. The minimum absolute atomic E-state index is 0.117. The third-order valence-corrected chi connectivity index (χ3v) is 3.13. The van der Waals surface area contributed by atoms with Crippen molar-refractivity contribution in [2.45, 2.75) is 6.54 Å². The molecule has 0 saturated carbocycles. The maximum Gasteiger partial charge on any atom is 0.329 e. The molecule has 8 nitrogen and oxygen atoms in total. The van der Waals surface area contributed by atoms with Crippen molar-refractivity contribution in [3.05, 3.63) is 60.6 Å². The largest absolute Gasteiger partial charge is 0.493 e. The van der Waals surface area contributed by atoms with Crippen molar-refractivity contribution in [2.75, 3.05) is 13.7 Å². The molecule has 2 rings (SSSR count). The maximum absolute atomic E-state index is 11.7. The molecule has 136 valence electrons. The molecule has 0 unspecified atom stereocenters. The molecule has 26 heavy (non-hydrogen) atoms. The van der Waals surface area contributed by atoms with Crippen LogP contribution in [0.1, 0.15) is 11.3 Å². The number of hydrazone groups is 1. The number of amides is 2. The number of ether oxygens (including phenoxy) is 2. The molecular weight excluding hydrogens is 338 g/mol. The molecule has 0 atom stereocenters. The molecule has 2 amide bonds. The highest BCUT2D eigenvalue weighted by Gasteiger charge is 2.12. The predicted octanol–water partition coefficient (Wildman–Crippen LogP) is 1.62. The zero-order chi connectivity index (χ0) is 18.8. The van der Waals surface area contributed by atoms with Gasteiger partial charge in [-0.05, 0) is 35.9 Å². The molecule has 0 aliphatic heterocycles. The van der Waals surface area contributed by atoms with Gasteiger partial charge in [0, 0.05) is 0 Å². The fraction of sp³-hybridized carbons (Fsp3) is 0.167. The SMILES string of the molecule is C=CCOc1ccc(/C=N\NC(=O)C(=O)NCc2ccco2)cc1OC. The Morgan fingerprint density at radius 2 is 2.12 bits per heavy atom. The highest BCUT2D eigenvalue weighted by Crippen LogP contribution is 2.27. The lowest BCUT2D eigenvalue weighted by Gasteiger charge is -2.09. The molecule has 0 fully saturated rings. The third kappa shape index (κ3) is 5.52. The Morgan fingerprint density at radius 1 is 1.27 bits per heavy atom. The number of rotatable bonds is 8. The van der Waals surface area contributed by atoms with Crippen LogP contribution < -0.4 is 20.2 Å². The number of nitrogens with zero attached hydrogens (tertiary/aromatic N) is 1. The van der Waals surface area contributed by atoms with E-state index in [0.717, 1.165) is 0 Å². The second-order valence-corrected chi connectivity index (χ2v) is 4.97. The van der Waals surface area contributed by atoms with E-state index in [4.69, 9.17) is 13.9 Å². The van der Waals surface area contributed by atoms with Gasteiger partial charge < -0.3 is 19.2 Å². The average Bonchev–Trinajstić information content (AvgIpc) is 3.18. The average molecular weight is 357 g/mol. The monoisotopic (exact) mass is 357 g/mol. The van der Waals surface area contributed by atoms with Gasteiger partial charge in [0.05, 0.1) is 26.1 Å². The Hall–Kier alpha value is -3.55. The van der Waals surface area contributed by atoms with Gasteiger partial charge in [-0.1, -0.05) is 12.7 Å². The molecule has 2 N–H and O–H groups in total. The fourth-order valence-electron chi connectivity index (χ4n) is 1.91. The summed E-state index contributed by atoms with van der Waals surface area (Å²) in [6.45, 7) is 4.05. The zero-order valence-electron chi connectivity index (χ0n) is 14.2. The van der Waals surface area contributed by atoms with Crippen LogP contribution in [0.15, 0.2) is 58.8 Å². The fourth-order valence-corrected chi connectivity index (χ4v) is 1.91. The standard InChI is InChI=1S/C18H19N3O5/c1-3-8-26-15-7-6-13(10-16(15)24-2)11-20-21-18(23)17(22)19-12-14-5-4-9-25-14/h3-7,9-11H,1,8,12H2,2H3,(H,19,22)(H,21,23)/b20-11-. The molecule has 0 spiro atoms. The van der Waals surface area contributed by atoms with Crippen molar-refractivity contribution in [2.24, 2.45) is 5.10 Å². The van der Waals surface area contributed by atoms with E-state index in [2.05, 4.69) is 22.4 Å². The molecule has 0 saturated heterocycles. The summed E-state index contributed by atoms with van der Waals surface area (Å²) in [5, 5.41) is 6.17. The molecule has 1 heterocycles. The Morgan fingerprint density at radius 3 is 2.81 bits per heavy atom. The molecule has 1 aromatic carbocycles. The molecular formula is C18H19N3O5. The van der Waals surface area contributed by atoms with Crippen LogP contribution in [-0.4, -0.2) is 31.7 Å². The first-order valence-corrected chi connectivity index (χ1v) is 7.69. The second-order valence-electron chi connectivity index (χ2n) is 4.97. The summed E-state index contributed by atoms with van der Waals surface area (Å²) >= 11 is 0. The molecule has 8 heteroatoms. The van der Waals surface area contributed by atoms with Crippen molar-refractivity contribution in [3.8, 4) is 11.5 Å². The summed E-state index contributed by atoms with van der Waals surface area (Å²) < 4.78 is 15.7. The lowest BCUT2D eigenvalue weighted by Crippen LogP contribution is -2.37. The van der Waals surface area contributed by atoms with Gasteiger partial charge in [0.15, 0.2) is 11.5 Å². The van der Waals surface area contributed by atoms with Crippen LogP contribution >= 0.6 is 0 Å². The quantitative estimate of drug-likeness (QED) is 0.323. The lowest BCUT2D eigenvalue weighted by molar-refractivity contribution is -0.139. The summed E-state index contributed by atoms with van der Waals surface area (Å²) in [5.74, 6) is -0.0836. The van der Waals surface area contributed by atoms with Crippen molar-refractivity contribution in [1.29, 1.82) is 0 Å². The van der Waals surface area contributed by atoms with E-state index in [1.54, 1.807) is 36.4 Å². The van der Waals surface area contributed by atoms with Crippen LogP contribution in [0.4, 0.5) is 0 Å².